The molecule has 0 saturated heterocycles. The molecule has 1 rings (SSSR count). The normalized spacial score (nSPS) is 14.2. The molecule has 0 fully saturated rings. The van der Waals surface area contributed by atoms with E-state index in [1.807, 2.05) is 0 Å². The molecule has 0 heterocycles. The quantitative estimate of drug-likeness (QED) is 0.653. The van der Waals surface area contributed by atoms with E-state index < -0.39 is 23.8 Å². The number of carbonyl (C=O) groups excluding carboxylic acids is 2. The number of ether oxygens (including phenoxy) is 1. The summed E-state index contributed by atoms with van der Waals surface area (Å²) in [6.07, 6.45) is -5.42. The molecule has 5 nitrogen and oxygen atoms in total. The van der Waals surface area contributed by atoms with Crippen molar-refractivity contribution in [3.63, 3.8) is 0 Å². The second-order valence-electron chi connectivity index (χ2n) is 4.25. The number of hydrogen-bond donors (Lipinski definition) is 2. The zero-order valence-corrected chi connectivity index (χ0v) is 11.3. The number of benzene rings is 1. The van der Waals surface area contributed by atoms with Crippen LogP contribution in [-0.2, 0) is 9.53 Å². The van der Waals surface area contributed by atoms with E-state index in [9.17, 15) is 27.9 Å². The van der Waals surface area contributed by atoms with Crippen LogP contribution in [0.5, 0.6) is 0 Å². The molecule has 1 aromatic carbocycles. The average Bonchev–Trinajstić information content (AvgIpc) is 2.37. The standard InChI is InChI=1S/C13H14F3NO4/c1-3-21-11(19)12(20,13(14,15)16)17-10(18)9-6-4-5-8(2)7-9/h4-7,20H,3H2,1-2H3,(H,17,18). The minimum atomic E-state index is -5.42. The number of hydrogen-bond acceptors (Lipinski definition) is 4. The third-order valence-corrected chi connectivity index (χ3v) is 2.56. The predicted molar refractivity (Wildman–Crippen MR) is 66.3 cm³/mol. The minimum Gasteiger partial charge on any atom is -0.462 e. The fraction of sp³-hybridized carbons (Fsp3) is 0.385. The van der Waals surface area contributed by atoms with E-state index in [0.29, 0.717) is 5.56 Å². The van der Waals surface area contributed by atoms with Gasteiger partial charge in [-0.15, -0.1) is 0 Å². The Balaban J connectivity index is 3.08. The largest absolute Gasteiger partial charge is 0.462 e. The van der Waals surface area contributed by atoms with Crippen molar-refractivity contribution in [3.8, 4) is 0 Å². The molecule has 21 heavy (non-hydrogen) atoms. The number of rotatable bonds is 4. The first-order valence-corrected chi connectivity index (χ1v) is 5.97. The van der Waals surface area contributed by atoms with E-state index in [2.05, 4.69) is 4.74 Å². The zero-order valence-electron chi connectivity index (χ0n) is 11.3. The van der Waals surface area contributed by atoms with Gasteiger partial charge in [-0.3, -0.25) is 4.79 Å². The van der Waals surface area contributed by atoms with Gasteiger partial charge in [0, 0.05) is 5.56 Å². The van der Waals surface area contributed by atoms with Crippen LogP contribution in [0.25, 0.3) is 0 Å². The molecular weight excluding hydrogens is 291 g/mol. The molecule has 0 radical (unpaired) electrons. The van der Waals surface area contributed by atoms with Crippen molar-refractivity contribution < 1.29 is 32.6 Å². The maximum Gasteiger partial charge on any atom is 0.448 e. The van der Waals surface area contributed by atoms with Gasteiger partial charge >= 0.3 is 17.9 Å². The monoisotopic (exact) mass is 305 g/mol. The van der Waals surface area contributed by atoms with Crippen LogP contribution in [0.2, 0.25) is 0 Å². The predicted octanol–water partition coefficient (Wildman–Crippen LogP) is 1.54. The van der Waals surface area contributed by atoms with Crippen LogP contribution < -0.4 is 5.32 Å². The molecule has 0 saturated carbocycles. The van der Waals surface area contributed by atoms with Crippen LogP contribution in [-0.4, -0.2) is 35.5 Å². The fourth-order valence-corrected chi connectivity index (χ4v) is 1.50. The number of aliphatic hydroxyl groups is 1. The van der Waals surface area contributed by atoms with Gasteiger partial charge < -0.3 is 15.2 Å². The molecule has 0 aliphatic carbocycles. The topological polar surface area (TPSA) is 75.6 Å². The van der Waals surface area contributed by atoms with E-state index in [4.69, 9.17) is 0 Å². The fourth-order valence-electron chi connectivity index (χ4n) is 1.50. The Labute approximate surface area is 118 Å². The van der Waals surface area contributed by atoms with Crippen molar-refractivity contribution in [3.05, 3.63) is 35.4 Å². The van der Waals surface area contributed by atoms with Gasteiger partial charge in [0.15, 0.2) is 0 Å². The van der Waals surface area contributed by atoms with E-state index >= 15 is 0 Å². The van der Waals surface area contributed by atoms with Crippen LogP contribution in [0.4, 0.5) is 13.2 Å². The zero-order chi connectivity index (χ0) is 16.3. The summed E-state index contributed by atoms with van der Waals surface area (Å²) < 4.78 is 42.8. The molecule has 0 aromatic heterocycles. The summed E-state index contributed by atoms with van der Waals surface area (Å²) in [6, 6.07) is 5.67. The number of alkyl halides is 3. The SMILES string of the molecule is CCOC(=O)C(O)(NC(=O)c1cccc(C)c1)C(F)(F)F. The number of carbonyl (C=O) groups is 2. The van der Waals surface area contributed by atoms with Crippen LogP contribution in [0.15, 0.2) is 24.3 Å². The van der Waals surface area contributed by atoms with Crippen molar-refractivity contribution in [2.45, 2.75) is 25.7 Å². The highest BCUT2D eigenvalue weighted by molar-refractivity contribution is 5.98. The first-order chi connectivity index (χ1) is 9.61. The molecular formula is C13H14F3NO4. The van der Waals surface area contributed by atoms with E-state index in [1.165, 1.54) is 30.4 Å². The third kappa shape index (κ3) is 3.72. The molecule has 1 unspecified atom stereocenters. The van der Waals surface area contributed by atoms with Crippen molar-refractivity contribution in [2.75, 3.05) is 6.61 Å². The smallest absolute Gasteiger partial charge is 0.448 e. The maximum absolute atomic E-state index is 12.9. The summed E-state index contributed by atoms with van der Waals surface area (Å²) in [5.41, 5.74) is -3.58. The first kappa shape index (κ1) is 17.0. The number of amides is 1. The van der Waals surface area contributed by atoms with Gasteiger partial charge in [0.1, 0.15) is 0 Å². The third-order valence-electron chi connectivity index (χ3n) is 2.56. The number of esters is 1. The van der Waals surface area contributed by atoms with Crippen molar-refractivity contribution in [2.24, 2.45) is 0 Å². The van der Waals surface area contributed by atoms with Crippen molar-refractivity contribution >= 4 is 11.9 Å². The summed E-state index contributed by atoms with van der Waals surface area (Å²) in [5, 5.41) is 10.8. The molecule has 0 spiro atoms. The lowest BCUT2D eigenvalue weighted by molar-refractivity contribution is -0.269. The Kier molecular flexibility index (Phi) is 4.95. The summed E-state index contributed by atoms with van der Waals surface area (Å²) in [6.45, 7) is 2.53. The summed E-state index contributed by atoms with van der Waals surface area (Å²) in [5.74, 6) is -3.23. The molecule has 116 valence electrons. The summed E-state index contributed by atoms with van der Waals surface area (Å²) in [7, 11) is 0. The Hall–Kier alpha value is -2.09. The van der Waals surface area contributed by atoms with Crippen molar-refractivity contribution in [1.82, 2.24) is 5.32 Å². The molecule has 2 N–H and O–H groups in total. The van der Waals surface area contributed by atoms with E-state index in [1.54, 1.807) is 13.0 Å². The van der Waals surface area contributed by atoms with Crippen LogP contribution in [0.3, 0.4) is 0 Å². The molecule has 1 amide bonds. The molecule has 1 aromatic rings. The highest BCUT2D eigenvalue weighted by Gasteiger charge is 2.62. The van der Waals surface area contributed by atoms with Crippen LogP contribution >= 0.6 is 0 Å². The van der Waals surface area contributed by atoms with Gasteiger partial charge in [0.2, 0.25) is 0 Å². The van der Waals surface area contributed by atoms with Gasteiger partial charge in [-0.05, 0) is 26.0 Å². The van der Waals surface area contributed by atoms with Crippen LogP contribution in [0, 0.1) is 6.92 Å². The molecule has 1 atom stereocenters. The molecule has 0 aliphatic rings. The number of aryl methyl sites for hydroxylation is 1. The van der Waals surface area contributed by atoms with Gasteiger partial charge in [-0.25, -0.2) is 4.79 Å². The molecule has 0 aliphatic heterocycles. The Bertz CT molecular complexity index is 544. The van der Waals surface area contributed by atoms with Crippen molar-refractivity contribution in [1.29, 1.82) is 0 Å². The van der Waals surface area contributed by atoms with Gasteiger partial charge in [-0.1, -0.05) is 17.7 Å². The minimum absolute atomic E-state index is 0.123. The van der Waals surface area contributed by atoms with E-state index in [0.717, 1.165) is 0 Å². The lowest BCUT2D eigenvalue weighted by Gasteiger charge is -2.28. The van der Waals surface area contributed by atoms with E-state index in [-0.39, 0.29) is 12.2 Å². The Morgan fingerprint density at radius 1 is 1.33 bits per heavy atom. The Morgan fingerprint density at radius 3 is 2.43 bits per heavy atom. The molecule has 0 bridgehead atoms. The second kappa shape index (κ2) is 6.13. The average molecular weight is 305 g/mol. The van der Waals surface area contributed by atoms with Gasteiger partial charge in [0.25, 0.3) is 5.91 Å². The number of halogens is 3. The van der Waals surface area contributed by atoms with Gasteiger partial charge in [0.05, 0.1) is 6.61 Å². The highest BCUT2D eigenvalue weighted by atomic mass is 19.4. The Morgan fingerprint density at radius 2 is 1.95 bits per heavy atom. The summed E-state index contributed by atoms with van der Waals surface area (Å²) in [4.78, 5) is 23.1. The number of nitrogens with one attached hydrogen (secondary N) is 1. The maximum atomic E-state index is 12.9. The van der Waals surface area contributed by atoms with Gasteiger partial charge in [-0.2, -0.15) is 13.2 Å². The molecule has 8 heteroatoms. The van der Waals surface area contributed by atoms with Crippen LogP contribution in [0.1, 0.15) is 22.8 Å². The lowest BCUT2D eigenvalue weighted by atomic mass is 10.1. The lowest BCUT2D eigenvalue weighted by Crippen LogP contribution is -2.64. The first-order valence-electron chi connectivity index (χ1n) is 5.97. The second-order valence-corrected chi connectivity index (χ2v) is 4.25. The summed E-state index contributed by atoms with van der Waals surface area (Å²) >= 11 is 0. The highest BCUT2D eigenvalue weighted by Crippen LogP contribution is 2.29.